The second-order valence-electron chi connectivity index (χ2n) is 5.77. The van der Waals surface area contributed by atoms with E-state index in [1.165, 1.54) is 45.3 Å². The SMILES string of the molecule is CCC1(CN(C)C(C)C2CC2)CCNC1. The topological polar surface area (TPSA) is 15.3 Å². The van der Waals surface area contributed by atoms with Gasteiger partial charge in [0.05, 0.1) is 0 Å². The Morgan fingerprint density at radius 2 is 2.20 bits per heavy atom. The van der Waals surface area contributed by atoms with Crippen molar-refractivity contribution in [3.8, 4) is 0 Å². The Bertz CT molecular complexity index is 205. The largest absolute Gasteiger partial charge is 0.316 e. The lowest BCUT2D eigenvalue weighted by Gasteiger charge is -2.35. The summed E-state index contributed by atoms with van der Waals surface area (Å²) in [5, 5.41) is 3.53. The Labute approximate surface area is 94.4 Å². The number of hydrogen-bond acceptors (Lipinski definition) is 2. The van der Waals surface area contributed by atoms with E-state index in [1.807, 2.05) is 0 Å². The lowest BCUT2D eigenvalue weighted by molar-refractivity contribution is 0.139. The van der Waals surface area contributed by atoms with Crippen LogP contribution in [0.3, 0.4) is 0 Å². The van der Waals surface area contributed by atoms with Crippen LogP contribution in [-0.2, 0) is 0 Å². The average molecular weight is 210 g/mol. The monoisotopic (exact) mass is 210 g/mol. The van der Waals surface area contributed by atoms with Crippen LogP contribution in [0.2, 0.25) is 0 Å². The van der Waals surface area contributed by atoms with E-state index in [2.05, 4.69) is 31.1 Å². The Kier molecular flexibility index (Phi) is 3.36. The molecule has 0 spiro atoms. The van der Waals surface area contributed by atoms with Crippen molar-refractivity contribution < 1.29 is 0 Å². The van der Waals surface area contributed by atoms with Crippen molar-refractivity contribution in [1.82, 2.24) is 10.2 Å². The molecule has 1 saturated carbocycles. The van der Waals surface area contributed by atoms with Gasteiger partial charge in [0.1, 0.15) is 0 Å². The lowest BCUT2D eigenvalue weighted by Crippen LogP contribution is -2.41. The van der Waals surface area contributed by atoms with E-state index in [1.54, 1.807) is 0 Å². The first-order valence-corrected chi connectivity index (χ1v) is 6.58. The van der Waals surface area contributed by atoms with Gasteiger partial charge in [-0.25, -0.2) is 0 Å². The molecule has 0 aromatic carbocycles. The van der Waals surface area contributed by atoms with Gasteiger partial charge in [-0.15, -0.1) is 0 Å². The predicted molar refractivity (Wildman–Crippen MR) is 65.0 cm³/mol. The molecule has 0 radical (unpaired) electrons. The minimum Gasteiger partial charge on any atom is -0.316 e. The highest BCUT2D eigenvalue weighted by Gasteiger charge is 2.37. The van der Waals surface area contributed by atoms with Crippen LogP contribution in [0.15, 0.2) is 0 Å². The minimum atomic E-state index is 0.567. The Morgan fingerprint density at radius 3 is 2.67 bits per heavy atom. The zero-order chi connectivity index (χ0) is 10.9. The van der Waals surface area contributed by atoms with Gasteiger partial charge in [0, 0.05) is 19.1 Å². The molecule has 0 aromatic heterocycles. The first-order chi connectivity index (χ1) is 7.17. The highest BCUT2D eigenvalue weighted by molar-refractivity contribution is 4.92. The second-order valence-corrected chi connectivity index (χ2v) is 5.77. The van der Waals surface area contributed by atoms with E-state index < -0.39 is 0 Å². The quantitative estimate of drug-likeness (QED) is 0.747. The molecule has 2 aliphatic rings. The van der Waals surface area contributed by atoms with Gasteiger partial charge in [-0.05, 0) is 57.5 Å². The Balaban J connectivity index is 1.87. The van der Waals surface area contributed by atoms with Gasteiger partial charge >= 0.3 is 0 Å². The number of nitrogens with zero attached hydrogens (tertiary/aromatic N) is 1. The third kappa shape index (κ3) is 2.54. The maximum atomic E-state index is 3.53. The van der Waals surface area contributed by atoms with Gasteiger partial charge in [-0.1, -0.05) is 6.92 Å². The molecule has 2 heteroatoms. The molecule has 88 valence electrons. The molecule has 2 atom stereocenters. The molecule has 1 aliphatic carbocycles. The fourth-order valence-electron chi connectivity index (χ4n) is 2.96. The molecule has 0 bridgehead atoms. The van der Waals surface area contributed by atoms with Crippen LogP contribution in [0.4, 0.5) is 0 Å². The van der Waals surface area contributed by atoms with E-state index in [-0.39, 0.29) is 0 Å². The Hall–Kier alpha value is -0.0800. The van der Waals surface area contributed by atoms with Gasteiger partial charge in [-0.3, -0.25) is 0 Å². The molecule has 2 rings (SSSR count). The van der Waals surface area contributed by atoms with Crippen LogP contribution >= 0.6 is 0 Å². The van der Waals surface area contributed by atoms with Crippen LogP contribution in [0.5, 0.6) is 0 Å². The molecule has 1 N–H and O–H groups in total. The van der Waals surface area contributed by atoms with Gasteiger partial charge in [0.2, 0.25) is 0 Å². The second kappa shape index (κ2) is 4.42. The third-order valence-electron chi connectivity index (χ3n) is 4.67. The van der Waals surface area contributed by atoms with Crippen LogP contribution in [-0.4, -0.2) is 37.6 Å². The fourth-order valence-corrected chi connectivity index (χ4v) is 2.96. The molecular weight excluding hydrogens is 184 g/mol. The smallest absolute Gasteiger partial charge is 0.00923 e. The van der Waals surface area contributed by atoms with Gasteiger partial charge in [0.15, 0.2) is 0 Å². The predicted octanol–water partition coefficient (Wildman–Crippen LogP) is 2.11. The number of rotatable bonds is 5. The van der Waals surface area contributed by atoms with Crippen molar-refractivity contribution in [2.24, 2.45) is 11.3 Å². The molecule has 0 amide bonds. The number of nitrogens with one attached hydrogen (secondary N) is 1. The first kappa shape index (κ1) is 11.4. The minimum absolute atomic E-state index is 0.567. The summed E-state index contributed by atoms with van der Waals surface area (Å²) in [5.74, 6) is 0.998. The zero-order valence-corrected chi connectivity index (χ0v) is 10.6. The number of hydrogen-bond donors (Lipinski definition) is 1. The van der Waals surface area contributed by atoms with E-state index in [0.717, 1.165) is 12.0 Å². The van der Waals surface area contributed by atoms with E-state index in [9.17, 15) is 0 Å². The highest BCUT2D eigenvalue weighted by atomic mass is 15.1. The van der Waals surface area contributed by atoms with Crippen LogP contribution < -0.4 is 5.32 Å². The van der Waals surface area contributed by atoms with Crippen molar-refractivity contribution in [3.63, 3.8) is 0 Å². The van der Waals surface area contributed by atoms with Crippen molar-refractivity contribution in [2.75, 3.05) is 26.7 Å². The summed E-state index contributed by atoms with van der Waals surface area (Å²) in [4.78, 5) is 2.61. The van der Waals surface area contributed by atoms with Crippen LogP contribution in [0.1, 0.15) is 39.5 Å². The summed E-state index contributed by atoms with van der Waals surface area (Å²) >= 11 is 0. The summed E-state index contributed by atoms with van der Waals surface area (Å²) in [6.07, 6.45) is 5.61. The molecule has 15 heavy (non-hydrogen) atoms. The highest BCUT2D eigenvalue weighted by Crippen LogP contribution is 2.37. The molecule has 1 saturated heterocycles. The van der Waals surface area contributed by atoms with Crippen LogP contribution in [0.25, 0.3) is 0 Å². The van der Waals surface area contributed by atoms with Crippen molar-refractivity contribution in [2.45, 2.75) is 45.6 Å². The molecule has 2 nitrogen and oxygen atoms in total. The average Bonchev–Trinajstić information content (AvgIpc) is 2.99. The van der Waals surface area contributed by atoms with Gasteiger partial charge < -0.3 is 10.2 Å². The van der Waals surface area contributed by atoms with Gasteiger partial charge in [-0.2, -0.15) is 0 Å². The van der Waals surface area contributed by atoms with Crippen molar-refractivity contribution in [3.05, 3.63) is 0 Å². The van der Waals surface area contributed by atoms with Crippen molar-refractivity contribution >= 4 is 0 Å². The maximum Gasteiger partial charge on any atom is 0.00923 e. The summed E-state index contributed by atoms with van der Waals surface area (Å²) in [5.41, 5.74) is 0.567. The van der Waals surface area contributed by atoms with E-state index in [4.69, 9.17) is 0 Å². The zero-order valence-electron chi connectivity index (χ0n) is 10.6. The summed E-state index contributed by atoms with van der Waals surface area (Å²) in [6, 6.07) is 0.800. The molecule has 2 unspecified atom stereocenters. The first-order valence-electron chi connectivity index (χ1n) is 6.58. The van der Waals surface area contributed by atoms with E-state index in [0.29, 0.717) is 5.41 Å². The normalized spacial score (nSPS) is 33.6. The summed E-state index contributed by atoms with van der Waals surface area (Å²) < 4.78 is 0. The van der Waals surface area contributed by atoms with Crippen LogP contribution in [0, 0.1) is 11.3 Å². The maximum absolute atomic E-state index is 3.53. The standard InChI is InChI=1S/C13H26N2/c1-4-13(7-8-14-9-13)10-15(3)11(2)12-5-6-12/h11-12,14H,4-10H2,1-3H3. The Morgan fingerprint density at radius 1 is 1.47 bits per heavy atom. The molecule has 1 heterocycles. The third-order valence-corrected chi connectivity index (χ3v) is 4.67. The summed E-state index contributed by atoms with van der Waals surface area (Å²) in [7, 11) is 2.32. The summed E-state index contributed by atoms with van der Waals surface area (Å²) in [6.45, 7) is 8.49. The molecule has 1 aliphatic heterocycles. The molecular formula is C13H26N2. The molecule has 0 aromatic rings. The molecule has 2 fully saturated rings. The fraction of sp³-hybridized carbons (Fsp3) is 1.00. The van der Waals surface area contributed by atoms with Gasteiger partial charge in [0.25, 0.3) is 0 Å². The lowest BCUT2D eigenvalue weighted by atomic mass is 9.83. The van der Waals surface area contributed by atoms with E-state index >= 15 is 0 Å². The van der Waals surface area contributed by atoms with Crippen molar-refractivity contribution in [1.29, 1.82) is 0 Å².